The number of nitrogens with one attached hydrogen (secondary N) is 2. The highest BCUT2D eigenvalue weighted by Gasteiger charge is 2.32. The molecule has 0 aliphatic rings. The van der Waals surface area contributed by atoms with Gasteiger partial charge in [-0.15, -0.1) is 0 Å². The lowest BCUT2D eigenvalue weighted by molar-refractivity contribution is -0.136. The highest BCUT2D eigenvalue weighted by Crippen LogP contribution is 2.19. The normalized spacial score (nSPS) is 13.4. The van der Waals surface area contributed by atoms with Gasteiger partial charge in [-0.1, -0.05) is 32.0 Å². The lowest BCUT2D eigenvalue weighted by Crippen LogP contribution is -2.46. The Bertz CT molecular complexity index is 883. The number of aliphatic hydroxyl groups excluding tert-OH is 2. The SMILES string of the molecule is CC(C)(CO)[C@@H](O)C(=O)NCCS(=O)(=O)Nc1ccc2ccccc2n1. The van der Waals surface area contributed by atoms with Gasteiger partial charge in [-0.3, -0.25) is 9.52 Å². The van der Waals surface area contributed by atoms with Gasteiger partial charge in [0.1, 0.15) is 11.9 Å². The number of para-hydroxylation sites is 1. The van der Waals surface area contributed by atoms with E-state index in [2.05, 4.69) is 15.0 Å². The summed E-state index contributed by atoms with van der Waals surface area (Å²) < 4.78 is 26.6. The standard InChI is InChI=1S/C17H23N3O5S/c1-17(2,11-21)15(22)16(23)18-9-10-26(24,25)20-14-8-7-12-5-3-4-6-13(12)19-14/h3-8,15,21-22H,9-11H2,1-2H3,(H,18,23)(H,19,20)/t15-/m0/s1. The zero-order chi connectivity index (χ0) is 19.4. The average molecular weight is 381 g/mol. The fraction of sp³-hybridized carbons (Fsp3) is 0.412. The van der Waals surface area contributed by atoms with Crippen LogP contribution in [-0.4, -0.2) is 54.5 Å². The second kappa shape index (κ2) is 7.98. The van der Waals surface area contributed by atoms with Crippen LogP contribution in [0.4, 0.5) is 5.82 Å². The predicted octanol–water partition coefficient (Wildman–Crippen LogP) is 0.472. The number of aliphatic hydroxyl groups is 2. The van der Waals surface area contributed by atoms with E-state index in [1.807, 2.05) is 18.2 Å². The van der Waals surface area contributed by atoms with Gasteiger partial charge >= 0.3 is 0 Å². The van der Waals surface area contributed by atoms with Gasteiger partial charge in [0.25, 0.3) is 0 Å². The number of nitrogens with zero attached hydrogens (tertiary/aromatic N) is 1. The van der Waals surface area contributed by atoms with Crippen LogP contribution in [-0.2, 0) is 14.8 Å². The summed E-state index contributed by atoms with van der Waals surface area (Å²) in [4.78, 5) is 16.1. The second-order valence-corrected chi connectivity index (χ2v) is 8.49. The molecule has 0 unspecified atom stereocenters. The summed E-state index contributed by atoms with van der Waals surface area (Å²) in [7, 11) is -3.72. The minimum absolute atomic E-state index is 0.180. The van der Waals surface area contributed by atoms with Crippen LogP contribution in [0, 0.1) is 5.41 Å². The summed E-state index contributed by atoms with van der Waals surface area (Å²) in [5, 5.41) is 22.3. The van der Waals surface area contributed by atoms with Gasteiger partial charge in [-0.25, -0.2) is 13.4 Å². The van der Waals surface area contributed by atoms with Gasteiger partial charge in [-0.05, 0) is 18.2 Å². The maximum atomic E-state index is 12.1. The fourth-order valence-electron chi connectivity index (χ4n) is 2.18. The third-order valence-corrected chi connectivity index (χ3v) is 5.19. The maximum Gasteiger partial charge on any atom is 0.249 e. The highest BCUT2D eigenvalue weighted by atomic mass is 32.2. The first-order chi connectivity index (χ1) is 12.1. The Labute approximate surface area is 152 Å². The van der Waals surface area contributed by atoms with Crippen LogP contribution in [0.1, 0.15) is 13.8 Å². The van der Waals surface area contributed by atoms with E-state index in [-0.39, 0.29) is 24.7 Å². The summed E-state index contributed by atoms with van der Waals surface area (Å²) in [6.07, 6.45) is -1.44. The molecule has 0 spiro atoms. The first kappa shape index (κ1) is 20.1. The molecule has 0 saturated heterocycles. The summed E-state index contributed by atoms with van der Waals surface area (Å²) in [6, 6.07) is 10.6. The van der Waals surface area contributed by atoms with Crippen LogP contribution in [0.15, 0.2) is 36.4 Å². The van der Waals surface area contributed by atoms with Crippen molar-refractivity contribution >= 4 is 32.7 Å². The molecule has 142 valence electrons. The fourth-order valence-corrected chi connectivity index (χ4v) is 3.09. The molecule has 1 amide bonds. The topological polar surface area (TPSA) is 129 Å². The smallest absolute Gasteiger partial charge is 0.249 e. The minimum atomic E-state index is -3.72. The van der Waals surface area contributed by atoms with Crippen molar-refractivity contribution in [1.29, 1.82) is 0 Å². The molecular formula is C17H23N3O5S. The van der Waals surface area contributed by atoms with E-state index < -0.39 is 27.4 Å². The number of hydrogen-bond acceptors (Lipinski definition) is 6. The Kier molecular flexibility index (Phi) is 6.17. The number of benzene rings is 1. The van der Waals surface area contributed by atoms with E-state index in [1.165, 1.54) is 13.8 Å². The number of aromatic nitrogens is 1. The molecule has 9 heteroatoms. The quantitative estimate of drug-likeness (QED) is 0.526. The van der Waals surface area contributed by atoms with Gasteiger partial charge in [0.15, 0.2) is 0 Å². The third kappa shape index (κ3) is 5.13. The Balaban J connectivity index is 1.93. The van der Waals surface area contributed by atoms with Crippen LogP contribution in [0.25, 0.3) is 10.9 Å². The van der Waals surface area contributed by atoms with E-state index in [0.29, 0.717) is 5.52 Å². The van der Waals surface area contributed by atoms with E-state index in [1.54, 1.807) is 18.2 Å². The van der Waals surface area contributed by atoms with E-state index in [0.717, 1.165) is 5.39 Å². The van der Waals surface area contributed by atoms with Crippen molar-refractivity contribution in [2.24, 2.45) is 5.41 Å². The zero-order valence-corrected chi connectivity index (χ0v) is 15.5. The molecule has 1 atom stereocenters. The predicted molar refractivity (Wildman–Crippen MR) is 99.0 cm³/mol. The molecule has 0 aliphatic carbocycles. The van der Waals surface area contributed by atoms with Crippen LogP contribution >= 0.6 is 0 Å². The van der Waals surface area contributed by atoms with Crippen molar-refractivity contribution in [2.75, 3.05) is 23.6 Å². The highest BCUT2D eigenvalue weighted by molar-refractivity contribution is 7.92. The van der Waals surface area contributed by atoms with Gasteiger partial charge in [0, 0.05) is 17.3 Å². The van der Waals surface area contributed by atoms with E-state index >= 15 is 0 Å². The summed E-state index contributed by atoms with van der Waals surface area (Å²) in [5.74, 6) is -0.918. The zero-order valence-electron chi connectivity index (χ0n) is 14.6. The first-order valence-electron chi connectivity index (χ1n) is 8.07. The number of carbonyl (C=O) groups excluding carboxylic acids is 1. The van der Waals surface area contributed by atoms with Crippen molar-refractivity contribution in [1.82, 2.24) is 10.3 Å². The van der Waals surface area contributed by atoms with Gasteiger partial charge in [-0.2, -0.15) is 0 Å². The Morgan fingerprint density at radius 2 is 1.92 bits per heavy atom. The molecule has 4 N–H and O–H groups in total. The Morgan fingerprint density at radius 3 is 2.62 bits per heavy atom. The third-order valence-electron chi connectivity index (χ3n) is 3.92. The van der Waals surface area contributed by atoms with Crippen molar-refractivity contribution in [3.05, 3.63) is 36.4 Å². The van der Waals surface area contributed by atoms with Crippen molar-refractivity contribution in [2.45, 2.75) is 20.0 Å². The molecule has 0 aliphatic heterocycles. The largest absolute Gasteiger partial charge is 0.396 e. The molecule has 0 saturated carbocycles. The van der Waals surface area contributed by atoms with Gasteiger partial charge in [0.2, 0.25) is 15.9 Å². The molecule has 0 fully saturated rings. The summed E-state index contributed by atoms with van der Waals surface area (Å²) >= 11 is 0. The number of fused-ring (bicyclic) bond motifs is 1. The Hall–Kier alpha value is -2.23. The van der Waals surface area contributed by atoms with E-state index in [4.69, 9.17) is 5.11 Å². The lowest BCUT2D eigenvalue weighted by Gasteiger charge is -2.27. The molecule has 2 aromatic rings. The second-order valence-electron chi connectivity index (χ2n) is 6.65. The number of carbonyl (C=O) groups is 1. The molecule has 1 heterocycles. The summed E-state index contributed by atoms with van der Waals surface area (Å²) in [6.45, 7) is 2.50. The van der Waals surface area contributed by atoms with Crippen molar-refractivity contribution in [3.8, 4) is 0 Å². The van der Waals surface area contributed by atoms with Crippen LogP contribution in [0.5, 0.6) is 0 Å². The number of rotatable bonds is 8. The van der Waals surface area contributed by atoms with E-state index in [9.17, 15) is 18.3 Å². The summed E-state index contributed by atoms with van der Waals surface area (Å²) in [5.41, 5.74) is -0.355. The molecular weight excluding hydrogens is 358 g/mol. The van der Waals surface area contributed by atoms with Crippen LogP contribution < -0.4 is 10.0 Å². The number of anilines is 1. The Morgan fingerprint density at radius 1 is 1.23 bits per heavy atom. The monoisotopic (exact) mass is 381 g/mol. The molecule has 26 heavy (non-hydrogen) atoms. The maximum absolute atomic E-state index is 12.1. The average Bonchev–Trinajstić information content (AvgIpc) is 2.60. The first-order valence-corrected chi connectivity index (χ1v) is 9.73. The molecule has 2 rings (SSSR count). The number of pyridine rings is 1. The molecule has 1 aromatic carbocycles. The van der Waals surface area contributed by atoms with Crippen molar-refractivity contribution in [3.63, 3.8) is 0 Å². The number of hydrogen-bond donors (Lipinski definition) is 4. The molecule has 0 bridgehead atoms. The van der Waals surface area contributed by atoms with Crippen LogP contribution in [0.3, 0.4) is 0 Å². The van der Waals surface area contributed by atoms with Crippen molar-refractivity contribution < 1.29 is 23.4 Å². The van der Waals surface area contributed by atoms with Gasteiger partial charge < -0.3 is 15.5 Å². The lowest BCUT2D eigenvalue weighted by atomic mass is 9.87. The minimum Gasteiger partial charge on any atom is -0.396 e. The molecule has 0 radical (unpaired) electrons. The molecule has 1 aromatic heterocycles. The van der Waals surface area contributed by atoms with Gasteiger partial charge in [0.05, 0.1) is 17.9 Å². The van der Waals surface area contributed by atoms with Crippen LogP contribution in [0.2, 0.25) is 0 Å². The number of amides is 1. The number of sulfonamides is 1. The molecule has 8 nitrogen and oxygen atoms in total.